The van der Waals surface area contributed by atoms with Crippen molar-refractivity contribution in [2.24, 2.45) is 0 Å². The van der Waals surface area contributed by atoms with Gasteiger partial charge in [0.2, 0.25) is 0 Å². The second-order valence-electron chi connectivity index (χ2n) is 6.34. The van der Waals surface area contributed by atoms with Crippen molar-refractivity contribution in [1.82, 2.24) is 0 Å². The fourth-order valence-electron chi connectivity index (χ4n) is 2.36. The van der Waals surface area contributed by atoms with Crippen molar-refractivity contribution in [3.05, 3.63) is 0 Å². The zero-order valence-electron chi connectivity index (χ0n) is 17.0. The second kappa shape index (κ2) is 14.8. The minimum absolute atomic E-state index is 0.00343. The van der Waals surface area contributed by atoms with Gasteiger partial charge in [-0.1, -0.05) is 6.92 Å². The highest BCUT2D eigenvalue weighted by atomic mass is 16.6. The van der Waals surface area contributed by atoms with Crippen LogP contribution in [0.1, 0.15) is 26.7 Å². The molecule has 0 rings (SSSR count). The van der Waals surface area contributed by atoms with E-state index in [0.717, 1.165) is 12.8 Å². The summed E-state index contributed by atoms with van der Waals surface area (Å²) in [4.78, 5) is 0. The lowest BCUT2D eigenvalue weighted by Gasteiger charge is -2.33. The molecule has 0 bridgehead atoms. The smallest absolute Gasteiger partial charge is 0.104 e. The number of hydrogen-bond donors (Lipinski definition) is 0. The van der Waals surface area contributed by atoms with Crippen molar-refractivity contribution in [3.63, 3.8) is 0 Å². The summed E-state index contributed by atoms with van der Waals surface area (Å²) in [5, 5.41) is 0. The van der Waals surface area contributed by atoms with Gasteiger partial charge in [-0.25, -0.2) is 0 Å². The van der Waals surface area contributed by atoms with Gasteiger partial charge < -0.3 is 33.2 Å². The molecule has 0 aromatic carbocycles. The molecule has 25 heavy (non-hydrogen) atoms. The molecule has 0 radical (unpaired) electrons. The molecule has 0 spiro atoms. The summed E-state index contributed by atoms with van der Waals surface area (Å²) in [6.45, 7) is 6.57. The third-order valence-electron chi connectivity index (χ3n) is 4.34. The average Bonchev–Trinajstić information content (AvgIpc) is 2.63. The van der Waals surface area contributed by atoms with Gasteiger partial charge in [0.05, 0.1) is 44.7 Å². The minimum atomic E-state index is -0.304. The van der Waals surface area contributed by atoms with Crippen LogP contribution in [-0.4, -0.2) is 92.5 Å². The summed E-state index contributed by atoms with van der Waals surface area (Å²) in [6, 6.07) is 0. The molecular weight excluding hydrogens is 328 g/mol. The zero-order chi connectivity index (χ0) is 19.1. The first-order chi connectivity index (χ1) is 12.0. The van der Waals surface area contributed by atoms with Crippen LogP contribution in [0.4, 0.5) is 0 Å². The molecule has 0 amide bonds. The number of hydrogen-bond acceptors (Lipinski definition) is 7. The molecule has 4 atom stereocenters. The molecule has 0 saturated carbocycles. The summed E-state index contributed by atoms with van der Waals surface area (Å²) >= 11 is 0. The van der Waals surface area contributed by atoms with Crippen LogP contribution in [0.3, 0.4) is 0 Å². The lowest BCUT2D eigenvalue weighted by atomic mass is 9.95. The van der Waals surface area contributed by atoms with E-state index >= 15 is 0 Å². The second-order valence-corrected chi connectivity index (χ2v) is 6.34. The molecule has 0 aliphatic heterocycles. The van der Waals surface area contributed by atoms with E-state index in [0.29, 0.717) is 33.0 Å². The Balaban J connectivity index is 4.34. The topological polar surface area (TPSA) is 64.6 Å². The maximum Gasteiger partial charge on any atom is 0.104 e. The van der Waals surface area contributed by atoms with E-state index in [2.05, 4.69) is 13.8 Å². The van der Waals surface area contributed by atoms with Crippen LogP contribution in [0, 0.1) is 0 Å². The van der Waals surface area contributed by atoms with Crippen molar-refractivity contribution in [2.75, 3.05) is 68.6 Å². The summed E-state index contributed by atoms with van der Waals surface area (Å²) in [6.07, 6.45) is 1.40. The first-order valence-corrected chi connectivity index (χ1v) is 8.76. The third-order valence-corrected chi connectivity index (χ3v) is 4.34. The standard InChI is InChI=1S/C18H38O7/c1-8-18(2,9-15(21-5)10-19-3)25-14-17(23-7)13-24-12-16(22-6)11-20-4/h15-17H,8-14H2,1-7H3. The van der Waals surface area contributed by atoms with Crippen molar-refractivity contribution in [2.45, 2.75) is 50.6 Å². The maximum absolute atomic E-state index is 6.15. The Morgan fingerprint density at radius 1 is 0.680 bits per heavy atom. The SMILES string of the molecule is CCC(C)(CC(COC)OC)OCC(COCC(COC)OC)OC. The Morgan fingerprint density at radius 3 is 1.60 bits per heavy atom. The van der Waals surface area contributed by atoms with Crippen LogP contribution >= 0.6 is 0 Å². The Kier molecular flexibility index (Phi) is 14.7. The van der Waals surface area contributed by atoms with Gasteiger partial charge >= 0.3 is 0 Å². The number of methoxy groups -OCH3 is 5. The molecular formula is C18H38O7. The van der Waals surface area contributed by atoms with Gasteiger partial charge in [-0.05, 0) is 13.3 Å². The predicted molar refractivity (Wildman–Crippen MR) is 96.2 cm³/mol. The van der Waals surface area contributed by atoms with Crippen molar-refractivity contribution in [3.8, 4) is 0 Å². The quantitative estimate of drug-likeness (QED) is 0.390. The van der Waals surface area contributed by atoms with E-state index < -0.39 is 0 Å². The average molecular weight is 366 g/mol. The van der Waals surface area contributed by atoms with E-state index in [9.17, 15) is 0 Å². The highest BCUT2D eigenvalue weighted by molar-refractivity contribution is 4.79. The molecule has 4 unspecified atom stereocenters. The van der Waals surface area contributed by atoms with E-state index in [1.54, 1.807) is 35.5 Å². The van der Waals surface area contributed by atoms with Crippen LogP contribution in [0.15, 0.2) is 0 Å². The molecule has 0 N–H and O–H groups in total. The highest BCUT2D eigenvalue weighted by Crippen LogP contribution is 2.23. The van der Waals surface area contributed by atoms with E-state index in [1.807, 2.05) is 0 Å². The third kappa shape index (κ3) is 11.1. The number of rotatable bonds is 17. The number of ether oxygens (including phenoxy) is 7. The van der Waals surface area contributed by atoms with Crippen LogP contribution in [0.5, 0.6) is 0 Å². The lowest BCUT2D eigenvalue weighted by molar-refractivity contribution is -0.126. The van der Waals surface area contributed by atoms with Gasteiger partial charge in [-0.3, -0.25) is 0 Å². The van der Waals surface area contributed by atoms with Crippen molar-refractivity contribution in [1.29, 1.82) is 0 Å². The van der Waals surface area contributed by atoms with Crippen molar-refractivity contribution < 1.29 is 33.2 Å². The summed E-state index contributed by atoms with van der Waals surface area (Å²) in [5.41, 5.74) is -0.304. The monoisotopic (exact) mass is 366 g/mol. The normalized spacial score (nSPS) is 17.9. The molecule has 0 aliphatic carbocycles. The lowest BCUT2D eigenvalue weighted by Crippen LogP contribution is -2.39. The molecule has 0 saturated heterocycles. The molecule has 0 heterocycles. The zero-order valence-corrected chi connectivity index (χ0v) is 17.0. The summed E-state index contributed by atoms with van der Waals surface area (Å²) in [5.74, 6) is 0. The van der Waals surface area contributed by atoms with Gasteiger partial charge in [0.25, 0.3) is 0 Å². The largest absolute Gasteiger partial charge is 0.382 e. The molecule has 0 aliphatic rings. The highest BCUT2D eigenvalue weighted by Gasteiger charge is 2.28. The molecule has 7 heteroatoms. The molecule has 0 aromatic rings. The van der Waals surface area contributed by atoms with Crippen LogP contribution < -0.4 is 0 Å². The summed E-state index contributed by atoms with van der Waals surface area (Å²) < 4.78 is 38.3. The fourth-order valence-corrected chi connectivity index (χ4v) is 2.36. The Hall–Kier alpha value is -0.280. The van der Waals surface area contributed by atoms with Gasteiger partial charge in [0.1, 0.15) is 12.2 Å². The first kappa shape index (κ1) is 24.7. The predicted octanol–water partition coefficient (Wildman–Crippen LogP) is 1.92. The van der Waals surface area contributed by atoms with Gasteiger partial charge in [-0.2, -0.15) is 0 Å². The van der Waals surface area contributed by atoms with E-state index in [4.69, 9.17) is 33.2 Å². The molecule has 0 aromatic heterocycles. The maximum atomic E-state index is 6.15. The first-order valence-electron chi connectivity index (χ1n) is 8.76. The van der Waals surface area contributed by atoms with E-state index in [-0.39, 0.29) is 23.9 Å². The minimum Gasteiger partial charge on any atom is -0.382 e. The summed E-state index contributed by atoms with van der Waals surface area (Å²) in [7, 11) is 8.30. The van der Waals surface area contributed by atoms with Crippen molar-refractivity contribution >= 4 is 0 Å². The Morgan fingerprint density at radius 2 is 1.16 bits per heavy atom. The van der Waals surface area contributed by atoms with Gasteiger partial charge in [-0.15, -0.1) is 0 Å². The Labute approximate surface area is 153 Å². The van der Waals surface area contributed by atoms with Gasteiger partial charge in [0.15, 0.2) is 0 Å². The van der Waals surface area contributed by atoms with Gasteiger partial charge in [0, 0.05) is 42.0 Å². The molecule has 7 nitrogen and oxygen atoms in total. The van der Waals surface area contributed by atoms with Crippen LogP contribution in [-0.2, 0) is 33.2 Å². The van der Waals surface area contributed by atoms with E-state index in [1.165, 1.54) is 0 Å². The molecule has 0 fully saturated rings. The van der Waals surface area contributed by atoms with Crippen LogP contribution in [0.2, 0.25) is 0 Å². The molecule has 152 valence electrons. The fraction of sp³-hybridized carbons (Fsp3) is 1.00. The Bertz CT molecular complexity index is 303. The van der Waals surface area contributed by atoms with Crippen LogP contribution in [0.25, 0.3) is 0 Å².